The molecule has 1 heterocycles. The molecule has 0 aliphatic carbocycles. The van der Waals surface area contributed by atoms with Crippen LogP contribution in [0.25, 0.3) is 0 Å². The van der Waals surface area contributed by atoms with Crippen molar-refractivity contribution in [2.75, 3.05) is 23.9 Å². The quantitative estimate of drug-likeness (QED) is 0.477. The molecule has 0 radical (unpaired) electrons. The molecular formula is C26H26FN3O3. The van der Waals surface area contributed by atoms with Crippen LogP contribution in [-0.2, 0) is 9.53 Å². The molecule has 6 nitrogen and oxygen atoms in total. The van der Waals surface area contributed by atoms with Crippen LogP contribution >= 0.6 is 0 Å². The molecule has 1 aliphatic heterocycles. The number of carbonyl (C=O) groups is 1. The van der Waals surface area contributed by atoms with Gasteiger partial charge in [0.25, 0.3) is 5.91 Å². The molecule has 0 aromatic heterocycles. The Morgan fingerprint density at radius 2 is 1.91 bits per heavy atom. The smallest absolute Gasteiger partial charge is 0.253 e. The van der Waals surface area contributed by atoms with Crippen LogP contribution in [0.4, 0.5) is 21.5 Å². The molecular weight excluding hydrogens is 421 g/mol. The molecule has 4 rings (SSSR count). The largest absolute Gasteiger partial charge is 0.483 e. The van der Waals surface area contributed by atoms with Crippen LogP contribution in [0.3, 0.4) is 0 Å². The predicted octanol–water partition coefficient (Wildman–Crippen LogP) is 5.38. The number of halogens is 1. The van der Waals surface area contributed by atoms with Crippen molar-refractivity contribution in [1.82, 2.24) is 0 Å². The summed E-state index contributed by atoms with van der Waals surface area (Å²) in [5, 5.41) is 11.0. The van der Waals surface area contributed by atoms with Crippen LogP contribution < -0.4 is 15.0 Å². The highest BCUT2D eigenvalue weighted by Crippen LogP contribution is 2.43. The summed E-state index contributed by atoms with van der Waals surface area (Å²) < 4.78 is 24.6. The van der Waals surface area contributed by atoms with E-state index in [0.717, 1.165) is 16.8 Å². The Bertz CT molecular complexity index is 1180. The number of hydrogen-bond donors (Lipinski definition) is 2. The van der Waals surface area contributed by atoms with Gasteiger partial charge in [-0.2, -0.15) is 0 Å². The van der Waals surface area contributed by atoms with E-state index in [-0.39, 0.29) is 30.5 Å². The first-order chi connectivity index (χ1) is 15.9. The van der Waals surface area contributed by atoms with E-state index in [1.165, 1.54) is 25.5 Å². The van der Waals surface area contributed by atoms with Crippen molar-refractivity contribution >= 4 is 29.2 Å². The summed E-state index contributed by atoms with van der Waals surface area (Å²) in [5.74, 6) is 0.153. The van der Waals surface area contributed by atoms with Crippen molar-refractivity contribution in [1.29, 1.82) is 5.41 Å². The van der Waals surface area contributed by atoms with Gasteiger partial charge in [-0.15, -0.1) is 0 Å². The Morgan fingerprint density at radius 3 is 2.61 bits per heavy atom. The van der Waals surface area contributed by atoms with E-state index in [4.69, 9.17) is 14.9 Å². The van der Waals surface area contributed by atoms with Crippen LogP contribution in [0, 0.1) is 18.2 Å². The Morgan fingerprint density at radius 1 is 1.15 bits per heavy atom. The fourth-order valence-corrected chi connectivity index (χ4v) is 4.12. The number of benzene rings is 3. The van der Waals surface area contributed by atoms with E-state index in [2.05, 4.69) is 5.32 Å². The highest BCUT2D eigenvalue weighted by atomic mass is 19.1. The second-order valence-corrected chi connectivity index (χ2v) is 8.06. The summed E-state index contributed by atoms with van der Waals surface area (Å²) in [5.41, 5.74) is 4.86. The van der Waals surface area contributed by atoms with E-state index in [1.54, 1.807) is 23.1 Å². The number of hydrogen-bond acceptors (Lipinski definition) is 5. The highest BCUT2D eigenvalue weighted by molar-refractivity contribution is 5.97. The molecule has 33 heavy (non-hydrogen) atoms. The summed E-state index contributed by atoms with van der Waals surface area (Å²) in [6.07, 6.45) is 0.874. The molecule has 0 saturated carbocycles. The zero-order chi connectivity index (χ0) is 23.5. The lowest BCUT2D eigenvalue weighted by molar-refractivity contribution is -0.122. The van der Waals surface area contributed by atoms with Crippen molar-refractivity contribution in [2.24, 2.45) is 0 Å². The van der Waals surface area contributed by atoms with Gasteiger partial charge in [0, 0.05) is 35.8 Å². The standard InChI is InChI=1S/C26H26FN3O3/c1-16-4-10-22-24(12-16)30(25(31)15-32-3)17(2)26(22)33-21-9-11-23(18(13-21)14-28)29-20-7-5-19(27)6-8-20/h4-14,17,26,28-29H,15H2,1-3H3/t17-,26-/m0/s1. The van der Waals surface area contributed by atoms with E-state index < -0.39 is 0 Å². The molecule has 0 bridgehead atoms. The number of anilines is 3. The first-order valence-electron chi connectivity index (χ1n) is 10.7. The van der Waals surface area contributed by atoms with E-state index >= 15 is 0 Å². The van der Waals surface area contributed by atoms with Crippen LogP contribution in [0.1, 0.15) is 29.7 Å². The third-order valence-corrected chi connectivity index (χ3v) is 5.70. The molecule has 1 aliphatic rings. The number of methoxy groups -OCH3 is 1. The van der Waals surface area contributed by atoms with Crippen LogP contribution in [-0.4, -0.2) is 31.9 Å². The fourth-order valence-electron chi connectivity index (χ4n) is 4.12. The molecule has 0 spiro atoms. The van der Waals surface area contributed by atoms with Crippen molar-refractivity contribution in [2.45, 2.75) is 26.0 Å². The number of rotatable bonds is 7. The number of aryl methyl sites for hydroxylation is 1. The van der Waals surface area contributed by atoms with Crippen molar-refractivity contribution in [3.8, 4) is 5.75 Å². The minimum absolute atomic E-state index is 0.00779. The third-order valence-electron chi connectivity index (χ3n) is 5.70. The molecule has 2 N–H and O–H groups in total. The van der Waals surface area contributed by atoms with Gasteiger partial charge in [-0.05, 0) is 67.9 Å². The summed E-state index contributed by atoms with van der Waals surface area (Å²) in [4.78, 5) is 14.5. The lowest BCUT2D eigenvalue weighted by Crippen LogP contribution is -2.40. The molecule has 0 saturated heterocycles. The van der Waals surface area contributed by atoms with Gasteiger partial charge in [0.1, 0.15) is 24.3 Å². The first-order valence-corrected chi connectivity index (χ1v) is 10.7. The van der Waals surface area contributed by atoms with Gasteiger partial charge in [-0.25, -0.2) is 4.39 Å². The second kappa shape index (κ2) is 9.42. The highest BCUT2D eigenvalue weighted by Gasteiger charge is 2.40. The van der Waals surface area contributed by atoms with Gasteiger partial charge in [-0.3, -0.25) is 4.79 Å². The average Bonchev–Trinajstić information content (AvgIpc) is 3.06. The first kappa shape index (κ1) is 22.5. The van der Waals surface area contributed by atoms with E-state index in [1.807, 2.05) is 44.2 Å². The number of carbonyl (C=O) groups excluding carboxylic acids is 1. The summed E-state index contributed by atoms with van der Waals surface area (Å²) in [6, 6.07) is 17.2. The topological polar surface area (TPSA) is 74.7 Å². The molecule has 3 aromatic carbocycles. The lowest BCUT2D eigenvalue weighted by atomic mass is 10.1. The van der Waals surface area contributed by atoms with Gasteiger partial charge in [0.2, 0.25) is 0 Å². The summed E-state index contributed by atoms with van der Waals surface area (Å²) in [6.45, 7) is 3.93. The zero-order valence-corrected chi connectivity index (χ0v) is 18.8. The van der Waals surface area contributed by atoms with Crippen molar-refractivity contribution < 1.29 is 18.7 Å². The maximum Gasteiger partial charge on any atom is 0.253 e. The van der Waals surface area contributed by atoms with Crippen LogP contribution in [0.5, 0.6) is 5.75 Å². The maximum atomic E-state index is 13.2. The van der Waals surface area contributed by atoms with Gasteiger partial charge in [0.05, 0.1) is 11.7 Å². The predicted molar refractivity (Wildman–Crippen MR) is 127 cm³/mol. The van der Waals surface area contributed by atoms with Crippen LogP contribution in [0.15, 0.2) is 60.7 Å². The maximum absolute atomic E-state index is 13.2. The Kier molecular flexibility index (Phi) is 6.42. The fraction of sp³-hybridized carbons (Fsp3) is 0.231. The van der Waals surface area contributed by atoms with Gasteiger partial charge in [-0.1, -0.05) is 12.1 Å². The van der Waals surface area contributed by atoms with Crippen LogP contribution in [0.2, 0.25) is 0 Å². The minimum Gasteiger partial charge on any atom is -0.483 e. The summed E-state index contributed by atoms with van der Waals surface area (Å²) in [7, 11) is 1.50. The molecule has 1 amide bonds. The summed E-state index contributed by atoms with van der Waals surface area (Å²) >= 11 is 0. The van der Waals surface area contributed by atoms with Crippen molar-refractivity contribution in [3.63, 3.8) is 0 Å². The van der Waals surface area contributed by atoms with E-state index in [9.17, 15) is 9.18 Å². The Balaban J connectivity index is 1.61. The van der Waals surface area contributed by atoms with Crippen molar-refractivity contribution in [3.05, 3.63) is 83.2 Å². The number of nitrogens with one attached hydrogen (secondary N) is 2. The normalized spacial score (nSPS) is 16.9. The molecule has 7 heteroatoms. The monoisotopic (exact) mass is 447 g/mol. The average molecular weight is 448 g/mol. The van der Waals surface area contributed by atoms with Gasteiger partial charge < -0.3 is 25.1 Å². The Hall–Kier alpha value is -3.71. The second-order valence-electron chi connectivity index (χ2n) is 8.06. The van der Waals surface area contributed by atoms with E-state index in [0.29, 0.717) is 22.7 Å². The third kappa shape index (κ3) is 4.59. The zero-order valence-electron chi connectivity index (χ0n) is 18.8. The lowest BCUT2D eigenvalue weighted by Gasteiger charge is -2.26. The number of ether oxygens (including phenoxy) is 2. The molecule has 2 atom stereocenters. The molecule has 3 aromatic rings. The molecule has 170 valence electrons. The minimum atomic E-state index is -0.365. The van der Waals surface area contributed by atoms with Gasteiger partial charge >= 0.3 is 0 Å². The number of nitrogens with zero attached hydrogens (tertiary/aromatic N) is 1. The number of fused-ring (bicyclic) bond motifs is 1. The number of amides is 1. The van der Waals surface area contributed by atoms with Gasteiger partial charge in [0.15, 0.2) is 0 Å². The SMILES string of the molecule is COCC(=O)N1c2cc(C)ccc2[C@@H](Oc2ccc(Nc3ccc(F)cc3)c(C=N)c2)[C@@H]1C. The Labute approximate surface area is 192 Å². The molecule has 0 unspecified atom stereocenters. The molecule has 0 fully saturated rings.